The van der Waals surface area contributed by atoms with Crippen LogP contribution in [-0.4, -0.2) is 25.1 Å². The number of anilines is 1. The predicted octanol–water partition coefficient (Wildman–Crippen LogP) is 0.561. The van der Waals surface area contributed by atoms with E-state index in [1.165, 1.54) is 30.9 Å². The van der Waals surface area contributed by atoms with Gasteiger partial charge in [0.1, 0.15) is 0 Å². The summed E-state index contributed by atoms with van der Waals surface area (Å²) in [6.07, 6.45) is 3.75. The number of nitrogens with zero attached hydrogens (tertiary/aromatic N) is 3. The third-order valence-electron chi connectivity index (χ3n) is 4.32. The standard InChI is InChI=1S/C13H19N5O2/c1-7(8-5-4-6-8)14-12-15-9-10(16-12)17(2)13(20)18(3)11(9)19/h7-8H,4-6H2,1-3H3,(H2,14,15,16). The molecule has 0 radical (unpaired) electrons. The Kier molecular flexibility index (Phi) is 2.92. The van der Waals surface area contributed by atoms with Crippen molar-refractivity contribution in [1.82, 2.24) is 19.1 Å². The molecular formula is C13H19N5O2. The van der Waals surface area contributed by atoms with E-state index in [0.717, 1.165) is 4.57 Å². The Balaban J connectivity index is 2.02. The first-order chi connectivity index (χ1) is 9.49. The molecule has 2 N–H and O–H groups in total. The van der Waals surface area contributed by atoms with Crippen LogP contribution in [0.15, 0.2) is 9.59 Å². The van der Waals surface area contributed by atoms with E-state index < -0.39 is 0 Å². The van der Waals surface area contributed by atoms with Crippen molar-refractivity contribution in [2.75, 3.05) is 5.32 Å². The van der Waals surface area contributed by atoms with Crippen LogP contribution < -0.4 is 16.6 Å². The Morgan fingerprint density at radius 2 is 2.00 bits per heavy atom. The summed E-state index contributed by atoms with van der Waals surface area (Å²) in [6.45, 7) is 2.12. The fraction of sp³-hybridized carbons (Fsp3) is 0.615. The monoisotopic (exact) mass is 277 g/mol. The molecule has 0 bridgehead atoms. The second kappa shape index (κ2) is 4.50. The summed E-state index contributed by atoms with van der Waals surface area (Å²) in [5.41, 5.74) is 0.0341. The molecule has 108 valence electrons. The van der Waals surface area contributed by atoms with Gasteiger partial charge in [0, 0.05) is 20.1 Å². The fourth-order valence-electron chi connectivity index (χ4n) is 2.67. The van der Waals surface area contributed by atoms with E-state index in [0.29, 0.717) is 29.1 Å². The minimum Gasteiger partial charge on any atom is -0.353 e. The summed E-state index contributed by atoms with van der Waals surface area (Å²) >= 11 is 0. The Hall–Kier alpha value is -2.05. The van der Waals surface area contributed by atoms with Gasteiger partial charge in [-0.3, -0.25) is 13.9 Å². The number of rotatable bonds is 3. The van der Waals surface area contributed by atoms with Gasteiger partial charge in [-0.1, -0.05) is 6.42 Å². The van der Waals surface area contributed by atoms with E-state index >= 15 is 0 Å². The van der Waals surface area contributed by atoms with E-state index in [-0.39, 0.29) is 11.2 Å². The molecule has 3 rings (SSSR count). The molecule has 0 spiro atoms. The van der Waals surface area contributed by atoms with Crippen molar-refractivity contribution in [3.8, 4) is 0 Å². The third-order valence-corrected chi connectivity index (χ3v) is 4.32. The van der Waals surface area contributed by atoms with Crippen LogP contribution in [0, 0.1) is 5.92 Å². The number of H-pyrrole nitrogens is 1. The molecule has 1 aliphatic carbocycles. The van der Waals surface area contributed by atoms with Crippen LogP contribution in [0.5, 0.6) is 0 Å². The maximum absolute atomic E-state index is 12.1. The second-order valence-corrected chi connectivity index (χ2v) is 5.61. The van der Waals surface area contributed by atoms with Crippen LogP contribution in [0.1, 0.15) is 26.2 Å². The van der Waals surface area contributed by atoms with Gasteiger partial charge in [-0.2, -0.15) is 4.98 Å². The lowest BCUT2D eigenvalue weighted by atomic mass is 9.80. The summed E-state index contributed by atoms with van der Waals surface area (Å²) in [6, 6.07) is 0.310. The van der Waals surface area contributed by atoms with Gasteiger partial charge >= 0.3 is 5.69 Å². The molecule has 0 saturated heterocycles. The summed E-state index contributed by atoms with van der Waals surface area (Å²) in [4.78, 5) is 31.2. The molecule has 7 heteroatoms. The zero-order chi connectivity index (χ0) is 14.4. The first-order valence-corrected chi connectivity index (χ1v) is 6.91. The number of imidazole rings is 1. The van der Waals surface area contributed by atoms with Crippen molar-refractivity contribution < 1.29 is 0 Å². The van der Waals surface area contributed by atoms with Crippen molar-refractivity contribution in [3.05, 3.63) is 20.8 Å². The topological polar surface area (TPSA) is 84.7 Å². The van der Waals surface area contributed by atoms with Crippen LogP contribution in [0.25, 0.3) is 11.2 Å². The van der Waals surface area contributed by atoms with Crippen molar-refractivity contribution >= 4 is 17.1 Å². The number of aromatic amines is 1. The zero-order valence-corrected chi connectivity index (χ0v) is 11.9. The summed E-state index contributed by atoms with van der Waals surface area (Å²) in [5.74, 6) is 1.22. The van der Waals surface area contributed by atoms with E-state index in [2.05, 4.69) is 22.2 Å². The SMILES string of the molecule is CC(Nc1nc2c([nH]1)c(=O)n(C)c(=O)n2C)C1CCC1. The average molecular weight is 277 g/mol. The highest BCUT2D eigenvalue weighted by molar-refractivity contribution is 5.72. The minimum absolute atomic E-state index is 0.310. The molecule has 2 aromatic rings. The normalized spacial score (nSPS) is 17.1. The van der Waals surface area contributed by atoms with E-state index in [4.69, 9.17) is 0 Å². The van der Waals surface area contributed by atoms with Crippen LogP contribution in [0.2, 0.25) is 0 Å². The zero-order valence-electron chi connectivity index (χ0n) is 11.9. The summed E-state index contributed by atoms with van der Waals surface area (Å²) in [7, 11) is 3.08. The molecule has 0 aliphatic heterocycles. The van der Waals surface area contributed by atoms with Crippen LogP contribution in [-0.2, 0) is 14.1 Å². The predicted molar refractivity (Wildman–Crippen MR) is 77.0 cm³/mol. The van der Waals surface area contributed by atoms with Gasteiger partial charge in [0.25, 0.3) is 5.56 Å². The second-order valence-electron chi connectivity index (χ2n) is 5.61. The van der Waals surface area contributed by atoms with E-state index in [9.17, 15) is 9.59 Å². The highest BCUT2D eigenvalue weighted by atomic mass is 16.2. The molecule has 1 atom stereocenters. The van der Waals surface area contributed by atoms with Gasteiger partial charge in [-0.15, -0.1) is 0 Å². The molecule has 2 aromatic heterocycles. The van der Waals surface area contributed by atoms with E-state index in [1.54, 1.807) is 7.05 Å². The first kappa shape index (κ1) is 13.0. The third kappa shape index (κ3) is 1.85. The molecule has 1 aliphatic rings. The van der Waals surface area contributed by atoms with Crippen molar-refractivity contribution in [2.45, 2.75) is 32.2 Å². The Morgan fingerprint density at radius 1 is 1.30 bits per heavy atom. The Bertz CT molecular complexity index is 765. The van der Waals surface area contributed by atoms with Crippen molar-refractivity contribution in [2.24, 2.45) is 20.0 Å². The largest absolute Gasteiger partial charge is 0.353 e. The minimum atomic E-state index is -0.368. The molecule has 7 nitrogen and oxygen atoms in total. The number of aryl methyl sites for hydroxylation is 1. The first-order valence-electron chi connectivity index (χ1n) is 6.91. The quantitative estimate of drug-likeness (QED) is 0.858. The molecule has 0 amide bonds. The molecule has 1 saturated carbocycles. The maximum Gasteiger partial charge on any atom is 0.332 e. The number of hydrogen-bond acceptors (Lipinski definition) is 4. The van der Waals surface area contributed by atoms with Gasteiger partial charge in [-0.05, 0) is 25.7 Å². The van der Waals surface area contributed by atoms with Gasteiger partial charge < -0.3 is 10.3 Å². The number of aromatic nitrogens is 4. The number of hydrogen-bond donors (Lipinski definition) is 2. The lowest BCUT2D eigenvalue weighted by Gasteiger charge is -2.31. The average Bonchev–Trinajstić information content (AvgIpc) is 2.75. The van der Waals surface area contributed by atoms with Crippen LogP contribution in [0.3, 0.4) is 0 Å². The van der Waals surface area contributed by atoms with Crippen molar-refractivity contribution in [3.63, 3.8) is 0 Å². The van der Waals surface area contributed by atoms with Crippen LogP contribution >= 0.6 is 0 Å². The molecular weight excluding hydrogens is 258 g/mol. The van der Waals surface area contributed by atoms with Crippen molar-refractivity contribution in [1.29, 1.82) is 0 Å². The Labute approximate surface area is 115 Å². The summed E-state index contributed by atoms with van der Waals surface area (Å²) < 4.78 is 2.46. The van der Waals surface area contributed by atoms with E-state index in [1.807, 2.05) is 0 Å². The Morgan fingerprint density at radius 3 is 2.60 bits per heavy atom. The highest BCUT2D eigenvalue weighted by Crippen LogP contribution is 2.30. The van der Waals surface area contributed by atoms with Gasteiger partial charge in [-0.25, -0.2) is 4.79 Å². The molecule has 20 heavy (non-hydrogen) atoms. The van der Waals surface area contributed by atoms with Gasteiger partial charge in [0.15, 0.2) is 11.2 Å². The summed E-state index contributed by atoms with van der Waals surface area (Å²) in [5, 5.41) is 3.30. The maximum atomic E-state index is 12.1. The molecule has 1 unspecified atom stereocenters. The number of fused-ring (bicyclic) bond motifs is 1. The fourth-order valence-corrected chi connectivity index (χ4v) is 2.67. The number of nitrogens with one attached hydrogen (secondary N) is 2. The lowest BCUT2D eigenvalue weighted by Crippen LogP contribution is -2.36. The lowest BCUT2D eigenvalue weighted by molar-refractivity contribution is 0.284. The smallest absolute Gasteiger partial charge is 0.332 e. The van der Waals surface area contributed by atoms with Gasteiger partial charge in [0.2, 0.25) is 5.95 Å². The van der Waals surface area contributed by atoms with Crippen LogP contribution in [0.4, 0.5) is 5.95 Å². The van der Waals surface area contributed by atoms with Gasteiger partial charge in [0.05, 0.1) is 0 Å². The highest BCUT2D eigenvalue weighted by Gasteiger charge is 2.24. The molecule has 1 fully saturated rings. The molecule has 2 heterocycles. The molecule has 0 aromatic carbocycles.